The van der Waals surface area contributed by atoms with Crippen LogP contribution in [0.1, 0.15) is 5.56 Å². The summed E-state index contributed by atoms with van der Waals surface area (Å²) in [6, 6.07) is 2.35. The lowest BCUT2D eigenvalue weighted by molar-refractivity contribution is -0.274. The van der Waals surface area contributed by atoms with Crippen LogP contribution in [0.5, 0.6) is 5.75 Å². The zero-order chi connectivity index (χ0) is 10.9. The number of anilines is 1. The Morgan fingerprint density at radius 1 is 1.36 bits per heavy atom. The van der Waals surface area contributed by atoms with Gasteiger partial charge in [0.25, 0.3) is 0 Å². The topological polar surface area (TPSA) is 35.2 Å². The number of rotatable bonds is 1. The first-order chi connectivity index (χ1) is 6.29. The molecule has 0 saturated carbocycles. The fourth-order valence-electron chi connectivity index (χ4n) is 0.867. The Morgan fingerprint density at radius 2 is 1.93 bits per heavy atom. The van der Waals surface area contributed by atoms with Gasteiger partial charge < -0.3 is 10.5 Å². The maximum absolute atomic E-state index is 11.8. The number of hydrogen-bond donors (Lipinski definition) is 1. The molecule has 78 valence electrons. The smallest absolute Gasteiger partial charge is 0.406 e. The van der Waals surface area contributed by atoms with Gasteiger partial charge >= 0.3 is 6.36 Å². The monoisotopic (exact) mass is 269 g/mol. The summed E-state index contributed by atoms with van der Waals surface area (Å²) in [5, 5.41) is 0. The van der Waals surface area contributed by atoms with Crippen molar-refractivity contribution < 1.29 is 17.9 Å². The Kier molecular flexibility index (Phi) is 2.94. The number of nitrogens with two attached hydrogens (primary N) is 1. The minimum absolute atomic E-state index is 0.249. The van der Waals surface area contributed by atoms with Gasteiger partial charge in [0.1, 0.15) is 5.75 Å². The second-order valence-electron chi connectivity index (χ2n) is 2.67. The molecular formula is C8H7BrF3NO. The highest BCUT2D eigenvalue weighted by Crippen LogP contribution is 2.31. The molecule has 2 nitrogen and oxygen atoms in total. The predicted octanol–water partition coefficient (Wildman–Crippen LogP) is 3.24. The highest BCUT2D eigenvalue weighted by Gasteiger charge is 2.31. The lowest BCUT2D eigenvalue weighted by Gasteiger charge is -2.11. The van der Waals surface area contributed by atoms with E-state index < -0.39 is 6.36 Å². The van der Waals surface area contributed by atoms with Crippen molar-refractivity contribution in [3.05, 3.63) is 22.2 Å². The summed E-state index contributed by atoms with van der Waals surface area (Å²) in [4.78, 5) is 0. The van der Waals surface area contributed by atoms with Crippen molar-refractivity contribution >= 4 is 21.6 Å². The lowest BCUT2D eigenvalue weighted by Crippen LogP contribution is -2.17. The summed E-state index contributed by atoms with van der Waals surface area (Å²) >= 11 is 3.08. The van der Waals surface area contributed by atoms with Crippen LogP contribution in [0.25, 0.3) is 0 Å². The van der Waals surface area contributed by atoms with E-state index in [9.17, 15) is 13.2 Å². The molecule has 1 rings (SSSR count). The molecule has 0 unspecified atom stereocenters. The van der Waals surface area contributed by atoms with Crippen LogP contribution in [0.4, 0.5) is 18.9 Å². The van der Waals surface area contributed by atoms with Crippen LogP contribution in [0.3, 0.4) is 0 Å². The maximum Gasteiger partial charge on any atom is 0.573 e. The van der Waals surface area contributed by atoms with Crippen molar-refractivity contribution in [1.82, 2.24) is 0 Å². The third kappa shape index (κ3) is 2.80. The van der Waals surface area contributed by atoms with E-state index in [1.807, 2.05) is 0 Å². The maximum atomic E-state index is 11.8. The van der Waals surface area contributed by atoms with E-state index in [2.05, 4.69) is 20.7 Å². The molecule has 0 aliphatic heterocycles. The molecule has 2 N–H and O–H groups in total. The van der Waals surface area contributed by atoms with Crippen LogP contribution < -0.4 is 10.5 Å². The molecule has 6 heteroatoms. The van der Waals surface area contributed by atoms with Gasteiger partial charge in [-0.05, 0) is 18.6 Å². The number of halogens is 4. The first-order valence-electron chi connectivity index (χ1n) is 3.61. The largest absolute Gasteiger partial charge is 0.573 e. The van der Waals surface area contributed by atoms with Gasteiger partial charge in [0.05, 0.1) is 0 Å². The number of nitrogen functional groups attached to an aromatic ring is 1. The molecule has 0 fully saturated rings. The molecule has 14 heavy (non-hydrogen) atoms. The fraction of sp³-hybridized carbons (Fsp3) is 0.250. The summed E-state index contributed by atoms with van der Waals surface area (Å²) < 4.78 is 39.7. The van der Waals surface area contributed by atoms with Crippen molar-refractivity contribution in [2.24, 2.45) is 0 Å². The molecule has 0 aromatic heterocycles. The Morgan fingerprint density at radius 3 is 2.36 bits per heavy atom. The van der Waals surface area contributed by atoms with Gasteiger partial charge in [0, 0.05) is 16.2 Å². The van der Waals surface area contributed by atoms with E-state index in [0.717, 1.165) is 6.07 Å². The summed E-state index contributed by atoms with van der Waals surface area (Å²) in [6.45, 7) is 1.69. The zero-order valence-corrected chi connectivity index (χ0v) is 8.74. The van der Waals surface area contributed by atoms with Crippen LogP contribution in [-0.2, 0) is 0 Å². The summed E-state index contributed by atoms with van der Waals surface area (Å²) in [5.74, 6) is -0.326. The Labute approximate surface area is 87.0 Å². The molecule has 0 radical (unpaired) electrons. The Bertz CT molecular complexity index is 328. The van der Waals surface area contributed by atoms with Gasteiger partial charge in [-0.15, -0.1) is 13.2 Å². The van der Waals surface area contributed by atoms with E-state index >= 15 is 0 Å². The highest BCUT2D eigenvalue weighted by atomic mass is 79.9. The first kappa shape index (κ1) is 11.2. The molecule has 0 bridgehead atoms. The average Bonchev–Trinajstić information content (AvgIpc) is 1.96. The van der Waals surface area contributed by atoms with Crippen molar-refractivity contribution in [1.29, 1.82) is 0 Å². The molecule has 0 atom stereocenters. The second-order valence-corrected chi connectivity index (χ2v) is 3.52. The fourth-order valence-corrected chi connectivity index (χ4v) is 1.32. The van der Waals surface area contributed by atoms with Crippen molar-refractivity contribution in [3.63, 3.8) is 0 Å². The second kappa shape index (κ2) is 3.68. The molecule has 0 heterocycles. The Balaban J connectivity index is 3.02. The summed E-state index contributed by atoms with van der Waals surface area (Å²) in [6.07, 6.45) is -4.69. The third-order valence-corrected chi connectivity index (χ3v) is 2.42. The van der Waals surface area contributed by atoms with Gasteiger partial charge in [-0.1, -0.05) is 15.9 Å². The summed E-state index contributed by atoms with van der Waals surface area (Å²) in [7, 11) is 0. The number of hydrogen-bond acceptors (Lipinski definition) is 2. The molecule has 1 aromatic rings. The highest BCUT2D eigenvalue weighted by molar-refractivity contribution is 9.10. The van der Waals surface area contributed by atoms with Crippen LogP contribution in [0, 0.1) is 6.92 Å². The molecule has 0 amide bonds. The molecule has 0 saturated heterocycles. The van der Waals surface area contributed by atoms with E-state index in [1.54, 1.807) is 6.92 Å². The van der Waals surface area contributed by atoms with Gasteiger partial charge in [0.2, 0.25) is 0 Å². The summed E-state index contributed by atoms with van der Waals surface area (Å²) in [5.41, 5.74) is 6.39. The van der Waals surface area contributed by atoms with Gasteiger partial charge in [0.15, 0.2) is 0 Å². The van der Waals surface area contributed by atoms with E-state index in [0.29, 0.717) is 10.0 Å². The van der Waals surface area contributed by atoms with Gasteiger partial charge in [-0.2, -0.15) is 0 Å². The number of alkyl halides is 3. The van der Waals surface area contributed by atoms with Gasteiger partial charge in [-0.3, -0.25) is 0 Å². The lowest BCUT2D eigenvalue weighted by atomic mass is 10.2. The number of ether oxygens (including phenoxy) is 1. The van der Waals surface area contributed by atoms with Crippen LogP contribution in [-0.4, -0.2) is 6.36 Å². The predicted molar refractivity (Wildman–Crippen MR) is 50.0 cm³/mol. The van der Waals surface area contributed by atoms with Crippen molar-refractivity contribution in [3.8, 4) is 5.75 Å². The van der Waals surface area contributed by atoms with Crippen LogP contribution in [0.2, 0.25) is 0 Å². The average molecular weight is 270 g/mol. The minimum Gasteiger partial charge on any atom is -0.406 e. The zero-order valence-electron chi connectivity index (χ0n) is 7.15. The molecular weight excluding hydrogens is 263 g/mol. The van der Waals surface area contributed by atoms with Crippen LogP contribution >= 0.6 is 15.9 Å². The Hall–Kier alpha value is -0.910. The quantitative estimate of drug-likeness (QED) is 0.795. The van der Waals surface area contributed by atoms with Crippen molar-refractivity contribution in [2.75, 3.05) is 5.73 Å². The van der Waals surface area contributed by atoms with E-state index in [4.69, 9.17) is 5.73 Å². The standard InChI is InChI=1S/C8H7BrF3NO/c1-4-6(9)2-5(3-7(4)13)14-8(10,11)12/h2-3H,13H2,1H3. The van der Waals surface area contributed by atoms with E-state index in [-0.39, 0.29) is 11.4 Å². The minimum atomic E-state index is -4.69. The molecule has 0 aliphatic carbocycles. The van der Waals surface area contributed by atoms with Crippen molar-refractivity contribution in [2.45, 2.75) is 13.3 Å². The third-order valence-electron chi connectivity index (χ3n) is 1.59. The van der Waals surface area contributed by atoms with Crippen LogP contribution in [0.15, 0.2) is 16.6 Å². The van der Waals surface area contributed by atoms with Gasteiger partial charge in [-0.25, -0.2) is 0 Å². The number of benzene rings is 1. The molecule has 0 aliphatic rings. The SMILES string of the molecule is Cc1c(N)cc(OC(F)(F)F)cc1Br. The van der Waals surface area contributed by atoms with E-state index in [1.165, 1.54) is 6.07 Å². The first-order valence-corrected chi connectivity index (χ1v) is 4.40. The molecule has 1 aromatic carbocycles. The molecule has 0 spiro atoms. The normalized spacial score (nSPS) is 11.5.